The molecule has 4 aromatic carbocycles. The van der Waals surface area contributed by atoms with Crippen molar-refractivity contribution in [2.75, 3.05) is 35.8 Å². The molecule has 0 saturated heterocycles. The molecular weight excluding hydrogens is 646 g/mol. The molecule has 0 bridgehead atoms. The molecule has 0 aliphatic carbocycles. The molecule has 1 aromatic heterocycles. The zero-order valence-corrected chi connectivity index (χ0v) is 28.9. The quantitative estimate of drug-likeness (QED) is 0.120. The first-order valence-corrected chi connectivity index (χ1v) is 17.0. The molecule has 254 valence electrons. The maximum atomic E-state index is 13.7. The smallest absolute Gasteiger partial charge is 0.339 e. The number of nitrogens with zero attached hydrogens (tertiary/aromatic N) is 2. The van der Waals surface area contributed by atoms with Gasteiger partial charge in [-0.05, 0) is 83.1 Å². The van der Waals surface area contributed by atoms with Crippen LogP contribution in [0.25, 0.3) is 22.0 Å². The van der Waals surface area contributed by atoms with Crippen LogP contribution in [-0.2, 0) is 15.4 Å². The first kappa shape index (κ1) is 34.6. The van der Waals surface area contributed by atoms with Gasteiger partial charge in [0.05, 0.1) is 37.4 Å². The molecule has 5 aromatic rings. The SMILES string of the molecule is COc1cc(Nc2ncc3cc(-c4cc(C(=O)Nc5cc(C(C)(C)C)cc(NS(C)(=O)=O)c5OC)ccc4C)ccc3n2)ccc1C(=O)O. The highest BCUT2D eigenvalue weighted by Crippen LogP contribution is 2.39. The molecule has 0 saturated carbocycles. The highest BCUT2D eigenvalue weighted by atomic mass is 32.2. The van der Waals surface area contributed by atoms with Crippen LogP contribution in [0, 0.1) is 6.92 Å². The van der Waals surface area contributed by atoms with Gasteiger partial charge in [0.2, 0.25) is 16.0 Å². The minimum absolute atomic E-state index is 0.0438. The lowest BCUT2D eigenvalue weighted by molar-refractivity contribution is 0.0693. The number of benzene rings is 4. The summed E-state index contributed by atoms with van der Waals surface area (Å²) >= 11 is 0. The van der Waals surface area contributed by atoms with Crippen LogP contribution in [0.1, 0.15) is 52.6 Å². The van der Waals surface area contributed by atoms with Gasteiger partial charge in [-0.2, -0.15) is 0 Å². The normalized spacial score (nSPS) is 11.6. The van der Waals surface area contributed by atoms with Crippen molar-refractivity contribution in [3.63, 3.8) is 0 Å². The predicted octanol–water partition coefficient (Wildman–Crippen LogP) is 6.99. The van der Waals surface area contributed by atoms with E-state index in [9.17, 15) is 23.1 Å². The van der Waals surface area contributed by atoms with E-state index in [4.69, 9.17) is 9.47 Å². The highest BCUT2D eigenvalue weighted by Gasteiger charge is 2.23. The molecule has 0 aliphatic rings. The number of aryl methyl sites for hydroxylation is 1. The van der Waals surface area contributed by atoms with Crippen molar-refractivity contribution in [1.29, 1.82) is 0 Å². The third kappa shape index (κ3) is 7.90. The minimum Gasteiger partial charge on any atom is -0.496 e. The Morgan fingerprint density at radius 1 is 0.898 bits per heavy atom. The Balaban J connectivity index is 1.43. The van der Waals surface area contributed by atoms with Gasteiger partial charge in [0.15, 0.2) is 5.75 Å². The van der Waals surface area contributed by atoms with Gasteiger partial charge in [0.1, 0.15) is 11.3 Å². The van der Waals surface area contributed by atoms with Crippen molar-refractivity contribution >= 4 is 55.8 Å². The molecule has 13 heteroatoms. The fourth-order valence-corrected chi connectivity index (χ4v) is 5.81. The molecule has 0 atom stereocenters. The van der Waals surface area contributed by atoms with Crippen LogP contribution < -0.4 is 24.8 Å². The molecule has 0 radical (unpaired) electrons. The zero-order valence-electron chi connectivity index (χ0n) is 28.1. The number of sulfonamides is 1. The van der Waals surface area contributed by atoms with E-state index in [1.54, 1.807) is 42.6 Å². The van der Waals surface area contributed by atoms with Crippen molar-refractivity contribution in [3.8, 4) is 22.6 Å². The lowest BCUT2D eigenvalue weighted by Crippen LogP contribution is -2.18. The van der Waals surface area contributed by atoms with Crippen LogP contribution in [0.15, 0.2) is 72.9 Å². The van der Waals surface area contributed by atoms with Crippen LogP contribution >= 0.6 is 0 Å². The standard InChI is InChI=1S/C36H37N5O7S/c1-20-8-9-22(33(42)39-29-16-24(36(2,3)4)17-30(32(29)48-6)41-49(7,45)46)15-27(20)21-10-13-28-23(14-21)19-37-35(40-28)38-25-11-12-26(34(43)44)31(18-25)47-5/h8-19,41H,1-7H3,(H,39,42)(H,43,44)(H,37,38,40). The van der Waals surface area contributed by atoms with Gasteiger partial charge < -0.3 is 25.2 Å². The summed E-state index contributed by atoms with van der Waals surface area (Å²) in [5.74, 6) is -0.768. The van der Waals surface area contributed by atoms with E-state index in [0.717, 1.165) is 33.9 Å². The van der Waals surface area contributed by atoms with E-state index in [0.29, 0.717) is 28.4 Å². The third-order valence-corrected chi connectivity index (χ3v) is 8.37. The van der Waals surface area contributed by atoms with E-state index in [1.165, 1.54) is 20.3 Å². The number of fused-ring (bicyclic) bond motifs is 1. The highest BCUT2D eigenvalue weighted by molar-refractivity contribution is 7.92. The lowest BCUT2D eigenvalue weighted by Gasteiger charge is -2.24. The number of anilines is 4. The molecule has 5 rings (SSSR count). The number of rotatable bonds is 10. The van der Waals surface area contributed by atoms with Gasteiger partial charge in [0.25, 0.3) is 5.91 Å². The summed E-state index contributed by atoms with van der Waals surface area (Å²) in [6.45, 7) is 7.92. The lowest BCUT2D eigenvalue weighted by atomic mass is 9.86. The average molecular weight is 684 g/mol. The van der Waals surface area contributed by atoms with Crippen molar-refractivity contribution < 1.29 is 32.6 Å². The Morgan fingerprint density at radius 3 is 2.29 bits per heavy atom. The fraction of sp³-hybridized carbons (Fsp3) is 0.222. The Hall–Kier alpha value is -5.69. The number of ether oxygens (including phenoxy) is 2. The Kier molecular flexibility index (Phi) is 9.50. The first-order valence-electron chi connectivity index (χ1n) is 15.1. The van der Waals surface area contributed by atoms with E-state index in [-0.39, 0.29) is 28.2 Å². The summed E-state index contributed by atoms with van der Waals surface area (Å²) in [6.07, 6.45) is 2.73. The van der Waals surface area contributed by atoms with Gasteiger partial charge in [-0.3, -0.25) is 9.52 Å². The average Bonchev–Trinajstić information content (AvgIpc) is 3.03. The summed E-state index contributed by atoms with van der Waals surface area (Å²) in [5, 5.41) is 16.1. The molecule has 0 fully saturated rings. The monoisotopic (exact) mass is 683 g/mol. The maximum absolute atomic E-state index is 13.7. The van der Waals surface area contributed by atoms with Crippen LogP contribution in [0.4, 0.5) is 23.0 Å². The van der Waals surface area contributed by atoms with Crippen LogP contribution in [0.5, 0.6) is 11.5 Å². The Labute approximate surface area is 284 Å². The number of carboxylic acids is 1. The molecule has 1 amide bonds. The summed E-state index contributed by atoms with van der Waals surface area (Å²) in [5.41, 5.74) is 5.30. The first-order chi connectivity index (χ1) is 23.1. The van der Waals surface area contributed by atoms with E-state index in [2.05, 4.69) is 25.3 Å². The van der Waals surface area contributed by atoms with Crippen molar-refractivity contribution in [2.24, 2.45) is 0 Å². The number of carbonyl (C=O) groups excluding carboxylic acids is 1. The molecule has 4 N–H and O–H groups in total. The second kappa shape index (κ2) is 13.4. The zero-order chi connectivity index (χ0) is 35.7. The van der Waals surface area contributed by atoms with Gasteiger partial charge in [-0.25, -0.2) is 23.2 Å². The molecule has 49 heavy (non-hydrogen) atoms. The minimum atomic E-state index is -3.63. The number of methoxy groups -OCH3 is 2. The van der Waals surface area contributed by atoms with Crippen LogP contribution in [0.2, 0.25) is 0 Å². The van der Waals surface area contributed by atoms with Crippen LogP contribution in [-0.4, -0.2) is 55.8 Å². The number of hydrogen-bond donors (Lipinski definition) is 4. The van der Waals surface area contributed by atoms with Crippen LogP contribution in [0.3, 0.4) is 0 Å². The fourth-order valence-electron chi connectivity index (χ4n) is 5.25. The number of nitrogens with one attached hydrogen (secondary N) is 3. The number of aromatic carboxylic acids is 1. The third-order valence-electron chi connectivity index (χ3n) is 7.78. The Bertz CT molecular complexity index is 2210. The van der Waals surface area contributed by atoms with Crippen molar-refractivity contribution in [2.45, 2.75) is 33.1 Å². The van der Waals surface area contributed by atoms with Gasteiger partial charge >= 0.3 is 5.97 Å². The van der Waals surface area contributed by atoms with Gasteiger partial charge in [0, 0.05) is 28.9 Å². The number of amides is 1. The number of carbonyl (C=O) groups is 2. The summed E-state index contributed by atoms with van der Waals surface area (Å²) in [7, 11) is -0.811. The predicted molar refractivity (Wildman–Crippen MR) is 191 cm³/mol. The van der Waals surface area contributed by atoms with E-state index in [1.807, 2.05) is 52.0 Å². The van der Waals surface area contributed by atoms with E-state index < -0.39 is 21.9 Å². The van der Waals surface area contributed by atoms with Gasteiger partial charge in [-0.1, -0.05) is 32.9 Å². The topological polar surface area (TPSA) is 169 Å². The molecular formula is C36H37N5O7S. The molecule has 0 aliphatic heterocycles. The molecule has 0 spiro atoms. The van der Waals surface area contributed by atoms with E-state index >= 15 is 0 Å². The second-order valence-corrected chi connectivity index (χ2v) is 14.3. The van der Waals surface area contributed by atoms with Gasteiger partial charge in [-0.15, -0.1) is 0 Å². The van der Waals surface area contributed by atoms with Crippen molar-refractivity contribution in [1.82, 2.24) is 9.97 Å². The molecule has 0 unspecified atom stereocenters. The number of carboxylic acid groups (broad SMARTS) is 1. The summed E-state index contributed by atoms with van der Waals surface area (Å²) in [6, 6.07) is 19.2. The molecule has 12 nitrogen and oxygen atoms in total. The number of aromatic nitrogens is 2. The maximum Gasteiger partial charge on any atom is 0.339 e. The largest absolute Gasteiger partial charge is 0.496 e. The molecule has 1 heterocycles. The van der Waals surface area contributed by atoms with Crippen molar-refractivity contribution in [3.05, 3.63) is 95.2 Å². The number of hydrogen-bond acceptors (Lipinski definition) is 9. The second-order valence-electron chi connectivity index (χ2n) is 12.5. The summed E-state index contributed by atoms with van der Waals surface area (Å²) in [4.78, 5) is 34.1. The summed E-state index contributed by atoms with van der Waals surface area (Å²) < 4.78 is 37.5. The Morgan fingerprint density at radius 2 is 1.63 bits per heavy atom.